The molecule has 1 aliphatic heterocycles. The van der Waals surface area contributed by atoms with Gasteiger partial charge in [0.1, 0.15) is 0 Å². The monoisotopic (exact) mass is 260 g/mol. The summed E-state index contributed by atoms with van der Waals surface area (Å²) in [7, 11) is 2.11. The van der Waals surface area contributed by atoms with Gasteiger partial charge >= 0.3 is 0 Å². The van der Waals surface area contributed by atoms with Crippen molar-refractivity contribution >= 4 is 5.91 Å². The molecule has 3 heteroatoms. The van der Waals surface area contributed by atoms with Crippen LogP contribution in [0.4, 0.5) is 0 Å². The zero-order chi connectivity index (χ0) is 13.8. The fourth-order valence-corrected chi connectivity index (χ4v) is 2.40. The summed E-state index contributed by atoms with van der Waals surface area (Å²) in [5.74, 6) is 0.771. The third-order valence-corrected chi connectivity index (χ3v) is 3.83. The van der Waals surface area contributed by atoms with Gasteiger partial charge in [0.25, 0.3) is 0 Å². The summed E-state index contributed by atoms with van der Waals surface area (Å²) >= 11 is 0. The van der Waals surface area contributed by atoms with Gasteiger partial charge in [-0.15, -0.1) is 0 Å². The first-order valence-corrected chi connectivity index (χ1v) is 7.11. The first-order valence-electron chi connectivity index (χ1n) is 7.11. The summed E-state index contributed by atoms with van der Waals surface area (Å²) in [6.45, 7) is 8.05. The molecular formula is C16H24N2O. The predicted molar refractivity (Wildman–Crippen MR) is 78.3 cm³/mol. The zero-order valence-electron chi connectivity index (χ0n) is 12.2. The molecular weight excluding hydrogens is 236 g/mol. The molecule has 1 fully saturated rings. The lowest BCUT2D eigenvalue weighted by atomic mass is 9.99. The average molecular weight is 260 g/mol. The van der Waals surface area contributed by atoms with E-state index in [0.29, 0.717) is 12.3 Å². The molecule has 0 atom stereocenters. The van der Waals surface area contributed by atoms with Crippen LogP contribution in [0.25, 0.3) is 0 Å². The molecule has 104 valence electrons. The molecule has 0 spiro atoms. The highest BCUT2D eigenvalue weighted by atomic mass is 16.2. The van der Waals surface area contributed by atoms with E-state index in [0.717, 1.165) is 31.7 Å². The summed E-state index contributed by atoms with van der Waals surface area (Å²) in [4.78, 5) is 16.5. The predicted octanol–water partition coefficient (Wildman–Crippen LogP) is 2.13. The van der Waals surface area contributed by atoms with Crippen LogP contribution in [0.15, 0.2) is 24.3 Å². The minimum absolute atomic E-state index is 0.258. The van der Waals surface area contributed by atoms with Gasteiger partial charge in [0.15, 0.2) is 0 Å². The van der Waals surface area contributed by atoms with E-state index in [1.807, 2.05) is 4.90 Å². The van der Waals surface area contributed by atoms with E-state index in [9.17, 15) is 4.79 Å². The SMILES string of the molecule is CC(C)c1cccc(CC(=O)N2CCN(C)CC2)c1. The fraction of sp³-hybridized carbons (Fsp3) is 0.562. The number of piperazine rings is 1. The lowest BCUT2D eigenvalue weighted by molar-refractivity contribution is -0.132. The number of likely N-dealkylation sites (N-methyl/N-ethyl adjacent to an activating group) is 1. The summed E-state index contributed by atoms with van der Waals surface area (Å²) in [6.07, 6.45) is 0.532. The highest BCUT2D eigenvalue weighted by Crippen LogP contribution is 2.16. The van der Waals surface area contributed by atoms with Crippen LogP contribution in [0.5, 0.6) is 0 Å². The van der Waals surface area contributed by atoms with Gasteiger partial charge in [0.2, 0.25) is 5.91 Å². The van der Waals surface area contributed by atoms with E-state index < -0.39 is 0 Å². The summed E-state index contributed by atoms with van der Waals surface area (Å²) in [5, 5.41) is 0. The van der Waals surface area contributed by atoms with E-state index >= 15 is 0 Å². The number of benzene rings is 1. The van der Waals surface area contributed by atoms with Crippen LogP contribution >= 0.6 is 0 Å². The Hall–Kier alpha value is -1.35. The number of carbonyl (C=O) groups excluding carboxylic acids is 1. The van der Waals surface area contributed by atoms with Gasteiger partial charge in [-0.25, -0.2) is 0 Å². The maximum absolute atomic E-state index is 12.3. The Balaban J connectivity index is 1.97. The Bertz CT molecular complexity index is 434. The van der Waals surface area contributed by atoms with Gasteiger partial charge in [-0.1, -0.05) is 38.1 Å². The minimum atomic E-state index is 0.258. The van der Waals surface area contributed by atoms with E-state index in [4.69, 9.17) is 0 Å². The molecule has 19 heavy (non-hydrogen) atoms. The first-order chi connectivity index (χ1) is 9.06. The molecule has 0 aliphatic carbocycles. The van der Waals surface area contributed by atoms with Crippen molar-refractivity contribution in [3.8, 4) is 0 Å². The Kier molecular flexibility index (Phi) is 4.59. The lowest BCUT2D eigenvalue weighted by Crippen LogP contribution is -2.47. The quantitative estimate of drug-likeness (QED) is 0.831. The second-order valence-electron chi connectivity index (χ2n) is 5.76. The van der Waals surface area contributed by atoms with Gasteiger partial charge in [-0.3, -0.25) is 4.79 Å². The molecule has 0 bridgehead atoms. The van der Waals surface area contributed by atoms with Crippen molar-refractivity contribution in [3.63, 3.8) is 0 Å². The van der Waals surface area contributed by atoms with Gasteiger partial charge in [-0.2, -0.15) is 0 Å². The number of hydrogen-bond acceptors (Lipinski definition) is 2. The molecule has 1 saturated heterocycles. The average Bonchev–Trinajstić information content (AvgIpc) is 2.39. The molecule has 1 amide bonds. The molecule has 1 heterocycles. The summed E-state index contributed by atoms with van der Waals surface area (Å²) in [6, 6.07) is 8.41. The van der Waals surface area contributed by atoms with Crippen LogP contribution < -0.4 is 0 Å². The minimum Gasteiger partial charge on any atom is -0.340 e. The second kappa shape index (κ2) is 6.20. The second-order valence-corrected chi connectivity index (χ2v) is 5.76. The summed E-state index contributed by atoms with van der Waals surface area (Å²) < 4.78 is 0. The number of nitrogens with zero attached hydrogens (tertiary/aromatic N) is 2. The topological polar surface area (TPSA) is 23.6 Å². The Morgan fingerprint density at radius 2 is 1.89 bits per heavy atom. The molecule has 0 aromatic heterocycles. The van der Waals surface area contributed by atoms with Gasteiger partial charge in [-0.05, 0) is 24.1 Å². The van der Waals surface area contributed by atoms with Crippen LogP contribution in [0.3, 0.4) is 0 Å². The largest absolute Gasteiger partial charge is 0.340 e. The third kappa shape index (κ3) is 3.80. The Morgan fingerprint density at radius 1 is 1.21 bits per heavy atom. The maximum atomic E-state index is 12.3. The van der Waals surface area contributed by atoms with Crippen molar-refractivity contribution in [2.45, 2.75) is 26.2 Å². The number of carbonyl (C=O) groups is 1. The molecule has 1 aromatic carbocycles. The van der Waals surface area contributed by atoms with E-state index in [-0.39, 0.29) is 5.91 Å². The van der Waals surface area contributed by atoms with E-state index in [2.05, 4.69) is 50.1 Å². The number of amides is 1. The molecule has 0 unspecified atom stereocenters. The van der Waals surface area contributed by atoms with Crippen LogP contribution in [-0.4, -0.2) is 48.9 Å². The first kappa shape index (κ1) is 14.1. The fourth-order valence-electron chi connectivity index (χ4n) is 2.40. The van der Waals surface area contributed by atoms with Gasteiger partial charge < -0.3 is 9.80 Å². The van der Waals surface area contributed by atoms with Crippen LogP contribution in [0.1, 0.15) is 30.9 Å². The van der Waals surface area contributed by atoms with Gasteiger partial charge in [0.05, 0.1) is 6.42 Å². The molecule has 0 radical (unpaired) electrons. The smallest absolute Gasteiger partial charge is 0.227 e. The van der Waals surface area contributed by atoms with Crippen LogP contribution in [-0.2, 0) is 11.2 Å². The highest BCUT2D eigenvalue weighted by Gasteiger charge is 2.19. The molecule has 1 aliphatic rings. The van der Waals surface area contributed by atoms with Crippen molar-refractivity contribution < 1.29 is 4.79 Å². The lowest BCUT2D eigenvalue weighted by Gasteiger charge is -2.32. The molecule has 0 saturated carbocycles. The number of hydrogen-bond donors (Lipinski definition) is 0. The normalized spacial score (nSPS) is 16.9. The van der Waals surface area contributed by atoms with E-state index in [1.165, 1.54) is 5.56 Å². The van der Waals surface area contributed by atoms with E-state index in [1.54, 1.807) is 0 Å². The van der Waals surface area contributed by atoms with Crippen LogP contribution in [0, 0.1) is 0 Å². The standard InChI is InChI=1S/C16H24N2O/c1-13(2)15-6-4-5-14(11-15)12-16(19)18-9-7-17(3)8-10-18/h4-6,11,13H,7-10,12H2,1-3H3. The van der Waals surface area contributed by atoms with Crippen molar-refractivity contribution in [3.05, 3.63) is 35.4 Å². The maximum Gasteiger partial charge on any atom is 0.227 e. The zero-order valence-corrected chi connectivity index (χ0v) is 12.2. The molecule has 3 nitrogen and oxygen atoms in total. The van der Waals surface area contributed by atoms with Gasteiger partial charge in [0, 0.05) is 26.2 Å². The van der Waals surface area contributed by atoms with Crippen molar-refractivity contribution in [2.75, 3.05) is 33.2 Å². The molecule has 0 N–H and O–H groups in total. The van der Waals surface area contributed by atoms with Crippen molar-refractivity contribution in [1.82, 2.24) is 9.80 Å². The number of rotatable bonds is 3. The molecule has 1 aromatic rings. The Morgan fingerprint density at radius 3 is 2.53 bits per heavy atom. The Labute approximate surface area is 116 Å². The molecule has 2 rings (SSSR count). The third-order valence-electron chi connectivity index (χ3n) is 3.83. The highest BCUT2D eigenvalue weighted by molar-refractivity contribution is 5.79. The van der Waals surface area contributed by atoms with Crippen LogP contribution in [0.2, 0.25) is 0 Å². The summed E-state index contributed by atoms with van der Waals surface area (Å²) in [5.41, 5.74) is 2.44. The van der Waals surface area contributed by atoms with Crippen molar-refractivity contribution in [2.24, 2.45) is 0 Å². The van der Waals surface area contributed by atoms with Crippen molar-refractivity contribution in [1.29, 1.82) is 0 Å².